The molecule has 0 saturated carbocycles. The van der Waals surface area contributed by atoms with Crippen molar-refractivity contribution in [3.05, 3.63) is 136 Å². The number of benzene rings is 2. The van der Waals surface area contributed by atoms with Gasteiger partial charge >= 0.3 is 11.4 Å². The van der Waals surface area contributed by atoms with Crippen LogP contribution in [-0.2, 0) is 0 Å². The van der Waals surface area contributed by atoms with Crippen molar-refractivity contribution in [2.24, 2.45) is 0 Å². The maximum absolute atomic E-state index is 11.7. The summed E-state index contributed by atoms with van der Waals surface area (Å²) >= 11 is 0. The summed E-state index contributed by atoms with van der Waals surface area (Å²) in [5.41, 5.74) is 1.06. The van der Waals surface area contributed by atoms with Crippen molar-refractivity contribution in [2.45, 2.75) is 0 Å². The highest BCUT2D eigenvalue weighted by Crippen LogP contribution is 2.05. The van der Waals surface area contributed by atoms with Gasteiger partial charge in [0.2, 0.25) is 0 Å². The van der Waals surface area contributed by atoms with E-state index < -0.39 is 22.5 Å². The zero-order valence-corrected chi connectivity index (χ0v) is 17.4. The largest absolute Gasteiger partial charge is 0.325 e. The monoisotopic (exact) mass is 446 g/mol. The minimum atomic E-state index is -0.580. The fraction of sp³-hybridized carbons (Fsp3) is 0. The van der Waals surface area contributed by atoms with Gasteiger partial charge in [-0.2, -0.15) is 0 Å². The number of H-pyrrole nitrogens is 4. The Kier molecular flexibility index (Phi) is 6.22. The molecule has 4 N–H and O–H groups in total. The van der Waals surface area contributed by atoms with Crippen LogP contribution in [0.25, 0.3) is 0 Å². The van der Waals surface area contributed by atoms with E-state index in [1.165, 1.54) is 12.4 Å². The average molecular weight is 446 g/mol. The van der Waals surface area contributed by atoms with E-state index in [-0.39, 0.29) is 11.1 Å². The van der Waals surface area contributed by atoms with Crippen molar-refractivity contribution in [3.8, 4) is 35.5 Å². The van der Waals surface area contributed by atoms with Crippen LogP contribution in [0.3, 0.4) is 0 Å². The molecule has 0 aliphatic rings. The third-order valence-corrected chi connectivity index (χ3v) is 4.44. The molecule has 2 aromatic carbocycles. The summed E-state index contributed by atoms with van der Waals surface area (Å²) in [6, 6.07) is 14.4. The molecule has 0 aliphatic heterocycles. The quantitative estimate of drug-likeness (QED) is 0.295. The molecule has 0 radical (unpaired) electrons. The van der Waals surface area contributed by atoms with E-state index in [4.69, 9.17) is 0 Å². The van der Waals surface area contributed by atoms with Gasteiger partial charge in [0.15, 0.2) is 0 Å². The van der Waals surface area contributed by atoms with Crippen LogP contribution in [0.15, 0.2) is 80.1 Å². The molecular formula is C26H14N4O4. The van der Waals surface area contributed by atoms with E-state index in [0.29, 0.717) is 11.1 Å². The first-order valence-corrected chi connectivity index (χ1v) is 9.86. The fourth-order valence-electron chi connectivity index (χ4n) is 2.70. The van der Waals surface area contributed by atoms with Crippen molar-refractivity contribution in [1.82, 2.24) is 19.9 Å². The van der Waals surface area contributed by atoms with Gasteiger partial charge in [0.1, 0.15) is 11.1 Å². The van der Waals surface area contributed by atoms with Crippen LogP contribution in [0, 0.1) is 35.5 Å². The van der Waals surface area contributed by atoms with E-state index in [1.54, 1.807) is 24.3 Å². The summed E-state index contributed by atoms with van der Waals surface area (Å²) in [7, 11) is 0. The standard InChI is InChI=1S/C26H14N4O4/c31-23-21(15-27-25(33)29-23)13-11-19-7-3-17(4-8-19)1-2-18-5-9-20(10-6-18)12-14-22-16-28-26(34)30-24(22)32/h3-10,15-16H,(H2,27,29,31,33)(H2,28,30,32,34). The predicted molar refractivity (Wildman–Crippen MR) is 126 cm³/mol. The minimum Gasteiger partial charge on any atom is -0.313 e. The van der Waals surface area contributed by atoms with Gasteiger partial charge in [-0.15, -0.1) is 0 Å². The Bertz CT molecular complexity index is 1650. The molecule has 0 aliphatic carbocycles. The van der Waals surface area contributed by atoms with Gasteiger partial charge in [0.25, 0.3) is 11.1 Å². The Labute approximate surface area is 191 Å². The Morgan fingerprint density at radius 2 is 0.735 bits per heavy atom. The van der Waals surface area contributed by atoms with E-state index >= 15 is 0 Å². The van der Waals surface area contributed by atoms with Crippen molar-refractivity contribution < 1.29 is 0 Å². The highest BCUT2D eigenvalue weighted by atomic mass is 16.2. The lowest BCUT2D eigenvalue weighted by Gasteiger charge is -1.94. The molecule has 0 saturated heterocycles. The highest BCUT2D eigenvalue weighted by molar-refractivity contribution is 5.49. The van der Waals surface area contributed by atoms with Crippen LogP contribution >= 0.6 is 0 Å². The number of aromatic nitrogens is 4. The molecule has 0 atom stereocenters. The molecule has 8 nitrogen and oxygen atoms in total. The number of hydrogen-bond acceptors (Lipinski definition) is 4. The van der Waals surface area contributed by atoms with Gasteiger partial charge in [0.05, 0.1) is 0 Å². The molecule has 0 bridgehead atoms. The molecule has 0 fully saturated rings. The second-order valence-corrected chi connectivity index (χ2v) is 6.88. The second kappa shape index (κ2) is 9.74. The summed E-state index contributed by atoms with van der Waals surface area (Å²) < 4.78 is 0. The van der Waals surface area contributed by atoms with Crippen molar-refractivity contribution in [3.63, 3.8) is 0 Å². The molecular weight excluding hydrogens is 432 g/mol. The third-order valence-electron chi connectivity index (χ3n) is 4.44. The van der Waals surface area contributed by atoms with Crippen LogP contribution < -0.4 is 22.5 Å². The smallest absolute Gasteiger partial charge is 0.313 e. The molecule has 2 heterocycles. The Hall–Kier alpha value is -5.52. The summed E-state index contributed by atoms with van der Waals surface area (Å²) in [6.07, 6.45) is 2.54. The highest BCUT2D eigenvalue weighted by Gasteiger charge is 1.97. The van der Waals surface area contributed by atoms with Crippen molar-refractivity contribution >= 4 is 0 Å². The van der Waals surface area contributed by atoms with E-state index in [2.05, 4.69) is 55.5 Å². The first-order chi connectivity index (χ1) is 16.5. The van der Waals surface area contributed by atoms with Crippen molar-refractivity contribution in [1.29, 1.82) is 0 Å². The molecule has 0 amide bonds. The Morgan fingerprint density at radius 1 is 0.441 bits per heavy atom. The fourth-order valence-corrected chi connectivity index (χ4v) is 2.70. The molecule has 0 spiro atoms. The third kappa shape index (κ3) is 5.59. The lowest BCUT2D eigenvalue weighted by atomic mass is 10.1. The van der Waals surface area contributed by atoms with Gasteiger partial charge in [-0.3, -0.25) is 19.6 Å². The topological polar surface area (TPSA) is 131 Å². The summed E-state index contributed by atoms with van der Waals surface area (Å²) in [5, 5.41) is 0. The zero-order chi connectivity index (χ0) is 23.9. The predicted octanol–water partition coefficient (Wildman–Crippen LogP) is 0.639. The van der Waals surface area contributed by atoms with Gasteiger partial charge in [0, 0.05) is 34.6 Å². The van der Waals surface area contributed by atoms with Crippen LogP contribution in [-0.4, -0.2) is 19.9 Å². The van der Waals surface area contributed by atoms with Gasteiger partial charge < -0.3 is 9.97 Å². The molecule has 2 aromatic heterocycles. The molecule has 162 valence electrons. The first kappa shape index (κ1) is 21.7. The Morgan fingerprint density at radius 3 is 1.03 bits per heavy atom. The van der Waals surface area contributed by atoms with Gasteiger partial charge in [-0.1, -0.05) is 35.5 Å². The molecule has 8 heteroatoms. The lowest BCUT2D eigenvalue weighted by Crippen LogP contribution is -2.23. The minimum absolute atomic E-state index is 0.169. The van der Waals surface area contributed by atoms with Gasteiger partial charge in [-0.05, 0) is 48.5 Å². The SMILES string of the molecule is O=c1[nH]cc(C#Cc2ccc(C#Cc3ccc(C#Cc4c[nH]c(=O)[nH]c4=O)cc3)cc2)c(=O)[nH]1. The molecule has 0 unspecified atom stereocenters. The number of hydrogen-bond donors (Lipinski definition) is 4. The molecule has 34 heavy (non-hydrogen) atoms. The Balaban J connectivity index is 1.44. The maximum atomic E-state index is 11.7. The van der Waals surface area contributed by atoms with Crippen LogP contribution in [0.2, 0.25) is 0 Å². The average Bonchev–Trinajstić information content (AvgIpc) is 2.83. The first-order valence-electron chi connectivity index (χ1n) is 9.86. The normalized spacial score (nSPS) is 9.53. The number of aromatic amines is 4. The summed E-state index contributed by atoms with van der Waals surface area (Å²) in [4.78, 5) is 54.4. The van der Waals surface area contributed by atoms with Crippen molar-refractivity contribution in [2.75, 3.05) is 0 Å². The number of nitrogens with one attached hydrogen (secondary N) is 4. The summed E-state index contributed by atoms with van der Waals surface area (Å²) in [6.45, 7) is 0. The van der Waals surface area contributed by atoms with E-state index in [0.717, 1.165) is 11.1 Å². The lowest BCUT2D eigenvalue weighted by molar-refractivity contribution is 1.03. The van der Waals surface area contributed by atoms with Crippen LogP contribution in [0.4, 0.5) is 0 Å². The second-order valence-electron chi connectivity index (χ2n) is 6.88. The van der Waals surface area contributed by atoms with Crippen LogP contribution in [0.1, 0.15) is 33.4 Å². The zero-order valence-electron chi connectivity index (χ0n) is 17.4. The van der Waals surface area contributed by atoms with Crippen LogP contribution in [0.5, 0.6) is 0 Å². The summed E-state index contributed by atoms with van der Waals surface area (Å²) in [5.74, 6) is 17.3. The van der Waals surface area contributed by atoms with E-state index in [9.17, 15) is 19.2 Å². The molecule has 4 aromatic rings. The van der Waals surface area contributed by atoms with Gasteiger partial charge in [-0.25, -0.2) is 9.59 Å². The van der Waals surface area contributed by atoms with E-state index in [1.807, 2.05) is 24.3 Å². The molecule has 4 rings (SSSR count). The maximum Gasteiger partial charge on any atom is 0.325 e. The number of rotatable bonds is 0.